The van der Waals surface area contributed by atoms with E-state index in [1.54, 1.807) is 7.05 Å². The molecular formula is C17H28N6+2. The largest absolute Gasteiger partial charge is 0.171 e. The average molecular weight is 316 g/mol. The maximum Gasteiger partial charge on any atom is 0.171 e. The lowest BCUT2D eigenvalue weighted by atomic mass is 10.0. The van der Waals surface area contributed by atoms with Crippen LogP contribution in [0.4, 0.5) is 11.4 Å². The van der Waals surface area contributed by atoms with Gasteiger partial charge in [-0.2, -0.15) is 23.4 Å². The number of nitrogens with zero attached hydrogens (tertiary/aromatic N) is 2. The summed E-state index contributed by atoms with van der Waals surface area (Å²) in [5.74, 6) is 24.2. The van der Waals surface area contributed by atoms with Crippen molar-refractivity contribution >= 4 is 11.4 Å². The third-order valence-corrected chi connectivity index (χ3v) is 4.16. The van der Waals surface area contributed by atoms with Crippen LogP contribution in [0, 0.1) is 0 Å². The van der Waals surface area contributed by atoms with Crippen LogP contribution in [0.5, 0.6) is 0 Å². The molecule has 6 heteroatoms. The summed E-state index contributed by atoms with van der Waals surface area (Å²) in [6.07, 6.45) is 0. The zero-order valence-corrected chi connectivity index (χ0v) is 14.3. The maximum atomic E-state index is 6.26. The van der Waals surface area contributed by atoms with E-state index in [1.807, 2.05) is 69.3 Å². The van der Waals surface area contributed by atoms with Crippen molar-refractivity contribution in [1.82, 2.24) is 9.40 Å². The molecule has 0 spiro atoms. The quantitative estimate of drug-likeness (QED) is 0.394. The second kappa shape index (κ2) is 5.68. The Balaban J connectivity index is 2.30. The van der Waals surface area contributed by atoms with Crippen molar-refractivity contribution in [2.24, 2.45) is 23.4 Å². The van der Waals surface area contributed by atoms with E-state index in [1.165, 1.54) is 0 Å². The average Bonchev–Trinajstić information content (AvgIpc) is 2.45. The molecule has 0 saturated carbocycles. The Morgan fingerprint density at radius 3 is 1.30 bits per heavy atom. The van der Waals surface area contributed by atoms with Crippen molar-refractivity contribution < 1.29 is 0 Å². The second-order valence-corrected chi connectivity index (χ2v) is 7.19. The van der Waals surface area contributed by atoms with Crippen LogP contribution in [0.2, 0.25) is 0 Å². The summed E-state index contributed by atoms with van der Waals surface area (Å²) in [7, 11) is 1.72. The van der Waals surface area contributed by atoms with Gasteiger partial charge in [-0.1, -0.05) is 0 Å². The predicted molar refractivity (Wildman–Crippen MR) is 97.9 cm³/mol. The van der Waals surface area contributed by atoms with Crippen molar-refractivity contribution in [1.29, 1.82) is 0 Å². The highest BCUT2D eigenvalue weighted by molar-refractivity contribution is 5.67. The molecule has 8 N–H and O–H groups in total. The van der Waals surface area contributed by atoms with Gasteiger partial charge in [0, 0.05) is 24.3 Å². The molecule has 0 fully saturated rings. The minimum absolute atomic E-state index is 0.164. The van der Waals surface area contributed by atoms with Crippen LogP contribution in [0.15, 0.2) is 48.5 Å². The van der Waals surface area contributed by atoms with Gasteiger partial charge in [-0.15, -0.1) is 9.40 Å². The Labute approximate surface area is 137 Å². The fourth-order valence-corrected chi connectivity index (χ4v) is 2.26. The normalized spacial score (nSPS) is 13.2. The summed E-state index contributed by atoms with van der Waals surface area (Å²) < 4.78 is -0.354. The Hall–Kier alpha value is -1.80. The fraction of sp³-hybridized carbons (Fsp3) is 0.294. The fourth-order valence-electron chi connectivity index (χ4n) is 2.26. The number of hydrogen-bond donors (Lipinski definition) is 4. The molecule has 0 aliphatic heterocycles. The smallest absolute Gasteiger partial charge is 0.156 e. The topological polar surface area (TPSA) is 104 Å². The number of quaternary nitrogens is 2. The van der Waals surface area contributed by atoms with Crippen LogP contribution in [0.1, 0.15) is 20.8 Å². The molecule has 0 aliphatic carbocycles. The lowest BCUT2D eigenvalue weighted by molar-refractivity contribution is 0.144. The first-order valence-electron chi connectivity index (χ1n) is 7.54. The van der Waals surface area contributed by atoms with Crippen LogP contribution in [0.25, 0.3) is 11.1 Å². The van der Waals surface area contributed by atoms with E-state index < -0.39 is 0 Å². The molecule has 0 radical (unpaired) electrons. The molecule has 0 heterocycles. The van der Waals surface area contributed by atoms with E-state index in [9.17, 15) is 0 Å². The highest BCUT2D eigenvalue weighted by atomic mass is 15.8. The summed E-state index contributed by atoms with van der Waals surface area (Å²) in [4.78, 5) is 0. The lowest BCUT2D eigenvalue weighted by Gasteiger charge is -2.38. The Bertz CT molecular complexity index is 660. The number of benzene rings is 2. The molecule has 0 aromatic heterocycles. The van der Waals surface area contributed by atoms with Gasteiger partial charge >= 0.3 is 0 Å². The lowest BCUT2D eigenvalue weighted by Crippen LogP contribution is -2.72. The first-order chi connectivity index (χ1) is 10.4. The van der Waals surface area contributed by atoms with Gasteiger partial charge in [0.15, 0.2) is 11.4 Å². The minimum atomic E-state index is -0.298. The molecule has 23 heavy (non-hydrogen) atoms. The molecule has 6 nitrogen and oxygen atoms in total. The molecular weight excluding hydrogens is 288 g/mol. The van der Waals surface area contributed by atoms with Gasteiger partial charge in [0.25, 0.3) is 0 Å². The predicted octanol–water partition coefficient (Wildman–Crippen LogP) is 1.89. The number of rotatable bonds is 3. The van der Waals surface area contributed by atoms with Gasteiger partial charge in [0.05, 0.1) is 0 Å². The number of hydrogen-bond acceptors (Lipinski definition) is 4. The molecule has 2 aromatic carbocycles. The highest BCUT2D eigenvalue weighted by Crippen LogP contribution is 2.29. The van der Waals surface area contributed by atoms with Gasteiger partial charge in [-0.3, -0.25) is 0 Å². The second-order valence-electron chi connectivity index (χ2n) is 7.19. The van der Waals surface area contributed by atoms with Crippen LogP contribution in [0.3, 0.4) is 0 Å². The van der Waals surface area contributed by atoms with Crippen molar-refractivity contribution in [2.45, 2.75) is 26.3 Å². The third-order valence-electron chi connectivity index (χ3n) is 4.16. The molecule has 0 aliphatic rings. The van der Waals surface area contributed by atoms with Gasteiger partial charge in [0.2, 0.25) is 0 Å². The van der Waals surface area contributed by atoms with Crippen molar-refractivity contribution in [2.75, 3.05) is 7.05 Å². The maximum absolute atomic E-state index is 6.26. The van der Waals surface area contributed by atoms with Gasteiger partial charge < -0.3 is 0 Å². The minimum Gasteiger partial charge on any atom is -0.156 e. The van der Waals surface area contributed by atoms with E-state index in [-0.39, 0.29) is 14.9 Å². The van der Waals surface area contributed by atoms with E-state index in [0.29, 0.717) is 0 Å². The monoisotopic (exact) mass is 316 g/mol. The standard InChI is InChI=1S/C17H28N6/c1-17(2,3)23(20,21)16-11-7-14(8-12-16)13-5-9-15(10-6-13)22(4,18)19/h5-12H,18-21H2,1-4H3/q+2. The van der Waals surface area contributed by atoms with Crippen LogP contribution in [-0.4, -0.2) is 12.6 Å². The van der Waals surface area contributed by atoms with Crippen molar-refractivity contribution in [3.05, 3.63) is 48.5 Å². The molecule has 2 aromatic rings. The zero-order valence-electron chi connectivity index (χ0n) is 14.3. The van der Waals surface area contributed by atoms with E-state index >= 15 is 0 Å². The van der Waals surface area contributed by atoms with E-state index in [0.717, 1.165) is 22.5 Å². The van der Waals surface area contributed by atoms with Crippen LogP contribution < -0.4 is 32.8 Å². The summed E-state index contributed by atoms with van der Waals surface area (Å²) in [5.41, 5.74) is 3.55. The SMILES string of the molecule is CC(C)(C)[N+](N)(N)c1ccc(-c2ccc([N+](C)(N)N)cc2)cc1. The third kappa shape index (κ3) is 3.59. The Morgan fingerprint density at radius 1 is 0.652 bits per heavy atom. The molecule has 0 unspecified atom stereocenters. The summed E-state index contributed by atoms with van der Waals surface area (Å²) in [6, 6.07) is 15.8. The molecule has 124 valence electrons. The first-order valence-corrected chi connectivity index (χ1v) is 7.54. The highest BCUT2D eigenvalue weighted by Gasteiger charge is 2.37. The molecule has 0 atom stereocenters. The molecule has 2 rings (SSSR count). The summed E-state index contributed by atoms with van der Waals surface area (Å²) in [6.45, 7) is 6.03. The Kier molecular flexibility index (Phi) is 4.34. The molecule has 0 saturated heterocycles. The summed E-state index contributed by atoms with van der Waals surface area (Å²) >= 11 is 0. The van der Waals surface area contributed by atoms with Gasteiger partial charge in [-0.25, -0.2) is 0 Å². The Morgan fingerprint density at radius 2 is 1.00 bits per heavy atom. The van der Waals surface area contributed by atoms with Gasteiger partial charge in [0.1, 0.15) is 12.6 Å². The zero-order chi connectivity index (χ0) is 17.5. The van der Waals surface area contributed by atoms with Crippen LogP contribution in [-0.2, 0) is 0 Å². The van der Waals surface area contributed by atoms with Gasteiger partial charge in [-0.05, 0) is 56.2 Å². The number of nitrogens with two attached hydrogens (primary N) is 4. The van der Waals surface area contributed by atoms with E-state index in [2.05, 4.69) is 0 Å². The van der Waals surface area contributed by atoms with Crippen LogP contribution >= 0.6 is 0 Å². The van der Waals surface area contributed by atoms with Crippen molar-refractivity contribution in [3.8, 4) is 11.1 Å². The first kappa shape index (κ1) is 17.6. The summed E-state index contributed by atoms with van der Waals surface area (Å²) in [5, 5.41) is 0. The van der Waals surface area contributed by atoms with Crippen molar-refractivity contribution in [3.63, 3.8) is 0 Å². The van der Waals surface area contributed by atoms with E-state index in [4.69, 9.17) is 23.4 Å². The molecule has 0 amide bonds. The molecule has 0 bridgehead atoms.